The Labute approximate surface area is 124 Å². The Bertz CT molecular complexity index is 562. The number of benzene rings is 1. The van der Waals surface area contributed by atoms with Crippen LogP contribution in [0.25, 0.3) is 0 Å². The van der Waals surface area contributed by atoms with Gasteiger partial charge in [-0.3, -0.25) is 0 Å². The van der Waals surface area contributed by atoms with Crippen LogP contribution >= 0.6 is 11.3 Å². The first-order valence-electron chi connectivity index (χ1n) is 7.15. The fourth-order valence-electron chi connectivity index (χ4n) is 2.34. The standard InChI is InChI=1S/C17H22FNS/c1-4-9-19-16(17-8-5-13(3)20-17)11-14-6-7-15(18)10-12(14)2/h5-8,10,16,19H,4,9,11H2,1-3H3. The summed E-state index contributed by atoms with van der Waals surface area (Å²) in [6.07, 6.45) is 2.02. The first kappa shape index (κ1) is 15.2. The highest BCUT2D eigenvalue weighted by Gasteiger charge is 2.14. The number of halogens is 1. The van der Waals surface area contributed by atoms with Gasteiger partial charge < -0.3 is 5.32 Å². The van der Waals surface area contributed by atoms with Gasteiger partial charge in [-0.1, -0.05) is 13.0 Å². The van der Waals surface area contributed by atoms with E-state index in [9.17, 15) is 4.39 Å². The van der Waals surface area contributed by atoms with Crippen LogP contribution in [0, 0.1) is 19.7 Å². The van der Waals surface area contributed by atoms with Crippen LogP contribution in [0.3, 0.4) is 0 Å². The van der Waals surface area contributed by atoms with Crippen molar-refractivity contribution in [2.45, 2.75) is 39.7 Å². The molecule has 0 spiro atoms. The highest BCUT2D eigenvalue weighted by atomic mass is 32.1. The van der Waals surface area contributed by atoms with Crippen LogP contribution in [0.2, 0.25) is 0 Å². The molecule has 0 radical (unpaired) electrons. The van der Waals surface area contributed by atoms with Crippen LogP contribution in [0.5, 0.6) is 0 Å². The quantitative estimate of drug-likeness (QED) is 0.807. The molecular formula is C17H22FNS. The molecule has 0 fully saturated rings. The molecule has 0 aliphatic rings. The lowest BCUT2D eigenvalue weighted by Crippen LogP contribution is -2.23. The van der Waals surface area contributed by atoms with Gasteiger partial charge in [0.15, 0.2) is 0 Å². The van der Waals surface area contributed by atoms with Crippen LogP contribution < -0.4 is 5.32 Å². The highest BCUT2D eigenvalue weighted by molar-refractivity contribution is 7.12. The second kappa shape index (κ2) is 7.00. The molecule has 1 nitrogen and oxygen atoms in total. The topological polar surface area (TPSA) is 12.0 Å². The third-order valence-corrected chi connectivity index (χ3v) is 4.59. The normalized spacial score (nSPS) is 12.6. The number of rotatable bonds is 6. The Morgan fingerprint density at radius 2 is 2.00 bits per heavy atom. The van der Waals surface area contributed by atoms with Crippen LogP contribution in [-0.2, 0) is 6.42 Å². The first-order valence-corrected chi connectivity index (χ1v) is 7.96. The minimum absolute atomic E-state index is 0.156. The number of thiophene rings is 1. The Hall–Kier alpha value is -1.19. The summed E-state index contributed by atoms with van der Waals surface area (Å²) in [7, 11) is 0. The maximum Gasteiger partial charge on any atom is 0.123 e. The molecule has 0 saturated heterocycles. The van der Waals surface area contributed by atoms with Gasteiger partial charge in [0, 0.05) is 15.8 Å². The van der Waals surface area contributed by atoms with Gasteiger partial charge in [-0.25, -0.2) is 4.39 Å². The molecule has 1 heterocycles. The molecule has 20 heavy (non-hydrogen) atoms. The van der Waals surface area contributed by atoms with Gasteiger partial charge in [0.2, 0.25) is 0 Å². The lowest BCUT2D eigenvalue weighted by Gasteiger charge is -2.18. The first-order chi connectivity index (χ1) is 9.60. The zero-order chi connectivity index (χ0) is 14.5. The van der Waals surface area contributed by atoms with Crippen LogP contribution in [0.15, 0.2) is 30.3 Å². The Morgan fingerprint density at radius 3 is 2.60 bits per heavy atom. The van der Waals surface area contributed by atoms with E-state index in [0.29, 0.717) is 6.04 Å². The molecule has 1 aromatic heterocycles. The summed E-state index contributed by atoms with van der Waals surface area (Å²) >= 11 is 1.84. The third kappa shape index (κ3) is 3.90. The molecule has 108 valence electrons. The van der Waals surface area contributed by atoms with Gasteiger partial charge in [-0.15, -0.1) is 11.3 Å². The van der Waals surface area contributed by atoms with Crippen molar-refractivity contribution in [1.82, 2.24) is 5.32 Å². The molecule has 2 aromatic rings. The Balaban J connectivity index is 2.18. The Morgan fingerprint density at radius 1 is 1.20 bits per heavy atom. The molecule has 1 aromatic carbocycles. The van der Waals surface area contributed by atoms with Gasteiger partial charge in [0.1, 0.15) is 5.82 Å². The summed E-state index contributed by atoms with van der Waals surface area (Å²) in [5, 5.41) is 3.61. The van der Waals surface area contributed by atoms with Crippen molar-refractivity contribution in [3.63, 3.8) is 0 Å². The summed E-state index contributed by atoms with van der Waals surface area (Å²) in [6, 6.07) is 9.76. The van der Waals surface area contributed by atoms with E-state index >= 15 is 0 Å². The zero-order valence-corrected chi connectivity index (χ0v) is 13.2. The van der Waals surface area contributed by atoms with E-state index in [1.54, 1.807) is 12.1 Å². The number of hydrogen-bond donors (Lipinski definition) is 1. The highest BCUT2D eigenvalue weighted by Crippen LogP contribution is 2.27. The van der Waals surface area contributed by atoms with Crippen molar-refractivity contribution in [2.75, 3.05) is 6.54 Å². The number of hydrogen-bond acceptors (Lipinski definition) is 2. The molecule has 0 bridgehead atoms. The molecule has 2 rings (SSSR count). The van der Waals surface area contributed by atoms with Gasteiger partial charge >= 0.3 is 0 Å². The average Bonchev–Trinajstić information content (AvgIpc) is 2.83. The summed E-state index contributed by atoms with van der Waals surface area (Å²) in [5.74, 6) is -0.156. The predicted octanol–water partition coefficient (Wildman–Crippen LogP) is 4.79. The van der Waals surface area contributed by atoms with E-state index in [1.165, 1.54) is 15.3 Å². The fourth-order valence-corrected chi connectivity index (χ4v) is 3.29. The average molecular weight is 291 g/mol. The monoisotopic (exact) mass is 291 g/mol. The lowest BCUT2D eigenvalue weighted by molar-refractivity contribution is 0.534. The van der Waals surface area contributed by atoms with Crippen molar-refractivity contribution >= 4 is 11.3 Å². The molecule has 1 unspecified atom stereocenters. The van der Waals surface area contributed by atoms with Gasteiger partial charge in [-0.2, -0.15) is 0 Å². The maximum atomic E-state index is 13.2. The van der Waals surface area contributed by atoms with Crippen molar-refractivity contribution < 1.29 is 4.39 Å². The molecular weight excluding hydrogens is 269 g/mol. The van der Waals surface area contributed by atoms with Crippen molar-refractivity contribution in [3.05, 3.63) is 57.0 Å². The Kier molecular flexibility index (Phi) is 5.32. The fraction of sp³-hybridized carbons (Fsp3) is 0.412. The van der Waals surface area contributed by atoms with Crippen LogP contribution in [-0.4, -0.2) is 6.54 Å². The minimum Gasteiger partial charge on any atom is -0.309 e. The van der Waals surface area contributed by atoms with E-state index in [0.717, 1.165) is 24.9 Å². The second-order valence-electron chi connectivity index (χ2n) is 5.23. The van der Waals surface area contributed by atoms with E-state index in [2.05, 4.69) is 31.3 Å². The summed E-state index contributed by atoms with van der Waals surface area (Å²) in [4.78, 5) is 2.69. The van der Waals surface area contributed by atoms with E-state index in [1.807, 2.05) is 24.3 Å². The molecule has 0 amide bonds. The zero-order valence-electron chi connectivity index (χ0n) is 12.4. The van der Waals surface area contributed by atoms with Crippen molar-refractivity contribution in [3.8, 4) is 0 Å². The molecule has 0 saturated carbocycles. The van der Waals surface area contributed by atoms with Crippen LogP contribution in [0.1, 0.15) is 40.3 Å². The summed E-state index contributed by atoms with van der Waals surface area (Å²) in [6.45, 7) is 7.29. The summed E-state index contributed by atoms with van der Waals surface area (Å²) < 4.78 is 13.2. The molecule has 1 N–H and O–H groups in total. The van der Waals surface area contributed by atoms with Crippen molar-refractivity contribution in [2.24, 2.45) is 0 Å². The van der Waals surface area contributed by atoms with Gasteiger partial charge in [0.25, 0.3) is 0 Å². The maximum absolute atomic E-state index is 13.2. The van der Waals surface area contributed by atoms with Gasteiger partial charge in [-0.05, 0) is 68.6 Å². The summed E-state index contributed by atoms with van der Waals surface area (Å²) in [5.41, 5.74) is 2.24. The molecule has 0 aliphatic heterocycles. The van der Waals surface area contributed by atoms with Crippen molar-refractivity contribution in [1.29, 1.82) is 0 Å². The lowest BCUT2D eigenvalue weighted by atomic mass is 10.00. The molecule has 1 atom stereocenters. The number of aryl methyl sites for hydroxylation is 2. The molecule has 3 heteroatoms. The molecule has 0 aliphatic carbocycles. The number of nitrogens with one attached hydrogen (secondary N) is 1. The second-order valence-corrected chi connectivity index (χ2v) is 6.55. The minimum atomic E-state index is -0.156. The predicted molar refractivity (Wildman–Crippen MR) is 84.9 cm³/mol. The van der Waals surface area contributed by atoms with Crippen LogP contribution in [0.4, 0.5) is 4.39 Å². The SMILES string of the molecule is CCCNC(Cc1ccc(F)cc1C)c1ccc(C)s1. The van der Waals surface area contributed by atoms with E-state index in [-0.39, 0.29) is 5.82 Å². The van der Waals surface area contributed by atoms with E-state index in [4.69, 9.17) is 0 Å². The largest absolute Gasteiger partial charge is 0.309 e. The van der Waals surface area contributed by atoms with E-state index < -0.39 is 0 Å². The smallest absolute Gasteiger partial charge is 0.123 e. The third-order valence-electron chi connectivity index (χ3n) is 3.47. The van der Waals surface area contributed by atoms with Gasteiger partial charge in [0.05, 0.1) is 0 Å².